The zero-order chi connectivity index (χ0) is 11.3. The molecule has 0 saturated carbocycles. The van der Waals surface area contributed by atoms with Gasteiger partial charge in [0.05, 0.1) is 6.42 Å². The van der Waals surface area contributed by atoms with Crippen molar-refractivity contribution in [2.24, 2.45) is 0 Å². The number of anilines is 1. The molecular weight excluding hydrogens is 194 g/mol. The minimum atomic E-state index is -0.305. The second-order valence-electron chi connectivity index (χ2n) is 3.15. The number of amides is 2. The summed E-state index contributed by atoms with van der Waals surface area (Å²) in [5.41, 5.74) is 11.5. The molecule has 0 heterocycles. The summed E-state index contributed by atoms with van der Waals surface area (Å²) in [6.07, 6.45) is 0.209. The number of carbonyl (C=O) groups is 2. The van der Waals surface area contributed by atoms with Crippen LogP contribution in [0, 0.1) is 0 Å². The summed E-state index contributed by atoms with van der Waals surface area (Å²) in [6, 6.07) is 6.98. The quantitative estimate of drug-likeness (QED) is 0.470. The van der Waals surface area contributed by atoms with E-state index in [-0.39, 0.29) is 18.2 Å². The first-order valence-corrected chi connectivity index (χ1v) is 4.48. The molecular formula is C10H13N3O2. The predicted molar refractivity (Wildman–Crippen MR) is 56.5 cm³/mol. The number of carbonyl (C=O) groups excluding carboxylic acids is 2. The Kier molecular flexibility index (Phi) is 3.68. The van der Waals surface area contributed by atoms with Crippen molar-refractivity contribution in [2.45, 2.75) is 13.3 Å². The van der Waals surface area contributed by atoms with Crippen LogP contribution in [0.25, 0.3) is 0 Å². The number of hydrazine groups is 1. The molecule has 0 bridgehead atoms. The molecule has 0 spiro atoms. The highest BCUT2D eigenvalue weighted by atomic mass is 16.2. The van der Waals surface area contributed by atoms with E-state index in [0.717, 1.165) is 5.56 Å². The highest BCUT2D eigenvalue weighted by molar-refractivity contribution is 5.82. The van der Waals surface area contributed by atoms with E-state index in [1.807, 2.05) is 0 Å². The zero-order valence-corrected chi connectivity index (χ0v) is 8.41. The van der Waals surface area contributed by atoms with Gasteiger partial charge in [-0.05, 0) is 17.7 Å². The van der Waals surface area contributed by atoms with E-state index in [1.165, 1.54) is 6.92 Å². The standard InChI is InChI=1S/C10H13N3O2/c1-7(14)12-13-10(15)6-8-2-4-9(11)5-3-8/h2-5H,6,11H2,1H3,(H,12,14)(H,13,15). The van der Waals surface area contributed by atoms with Crippen LogP contribution in [-0.2, 0) is 16.0 Å². The lowest BCUT2D eigenvalue weighted by Gasteiger charge is -2.05. The molecule has 5 nitrogen and oxygen atoms in total. The third-order valence-electron chi connectivity index (χ3n) is 1.72. The fraction of sp³-hybridized carbons (Fsp3) is 0.200. The van der Waals surface area contributed by atoms with Crippen LogP contribution in [0.2, 0.25) is 0 Å². The first-order valence-electron chi connectivity index (χ1n) is 4.48. The summed E-state index contributed by atoms with van der Waals surface area (Å²) < 4.78 is 0. The number of nitrogen functional groups attached to an aromatic ring is 1. The van der Waals surface area contributed by atoms with E-state index >= 15 is 0 Å². The molecule has 2 amide bonds. The maximum atomic E-state index is 11.2. The van der Waals surface area contributed by atoms with Gasteiger partial charge in [0.2, 0.25) is 11.8 Å². The average Bonchev–Trinajstić information content (AvgIpc) is 2.19. The normalized spacial score (nSPS) is 9.40. The SMILES string of the molecule is CC(=O)NNC(=O)Cc1ccc(N)cc1. The van der Waals surface area contributed by atoms with Crippen LogP contribution in [0.4, 0.5) is 5.69 Å². The lowest BCUT2D eigenvalue weighted by molar-refractivity contribution is -0.127. The molecule has 0 aromatic heterocycles. The minimum Gasteiger partial charge on any atom is -0.399 e. The van der Waals surface area contributed by atoms with Gasteiger partial charge in [0.25, 0.3) is 0 Å². The Morgan fingerprint density at radius 3 is 2.33 bits per heavy atom. The van der Waals surface area contributed by atoms with E-state index in [2.05, 4.69) is 10.9 Å². The second-order valence-corrected chi connectivity index (χ2v) is 3.15. The molecule has 1 aromatic rings. The van der Waals surface area contributed by atoms with Gasteiger partial charge in [-0.25, -0.2) is 0 Å². The van der Waals surface area contributed by atoms with Gasteiger partial charge in [-0.1, -0.05) is 12.1 Å². The van der Waals surface area contributed by atoms with Gasteiger partial charge in [0.15, 0.2) is 0 Å². The number of hydrogen-bond acceptors (Lipinski definition) is 3. The second kappa shape index (κ2) is 4.99. The number of nitrogens with two attached hydrogens (primary N) is 1. The van der Waals surface area contributed by atoms with E-state index in [1.54, 1.807) is 24.3 Å². The van der Waals surface area contributed by atoms with Crippen molar-refractivity contribution >= 4 is 17.5 Å². The van der Waals surface area contributed by atoms with Gasteiger partial charge in [0, 0.05) is 12.6 Å². The van der Waals surface area contributed by atoms with Gasteiger partial charge >= 0.3 is 0 Å². The van der Waals surface area contributed by atoms with Crippen molar-refractivity contribution in [3.63, 3.8) is 0 Å². The maximum Gasteiger partial charge on any atom is 0.242 e. The fourth-order valence-electron chi connectivity index (χ4n) is 1.02. The summed E-state index contributed by atoms with van der Waals surface area (Å²) in [4.78, 5) is 21.7. The Balaban J connectivity index is 2.44. The third-order valence-corrected chi connectivity index (χ3v) is 1.72. The minimum absolute atomic E-state index is 0.209. The van der Waals surface area contributed by atoms with E-state index in [9.17, 15) is 9.59 Å². The first kappa shape index (κ1) is 11.0. The van der Waals surface area contributed by atoms with Crippen molar-refractivity contribution in [3.8, 4) is 0 Å². The zero-order valence-electron chi connectivity index (χ0n) is 8.41. The summed E-state index contributed by atoms with van der Waals surface area (Å²) in [5.74, 6) is -0.573. The average molecular weight is 207 g/mol. The van der Waals surface area contributed by atoms with Crippen LogP contribution in [0.15, 0.2) is 24.3 Å². The molecule has 0 aliphatic heterocycles. The number of nitrogens with one attached hydrogen (secondary N) is 2. The molecule has 0 aliphatic carbocycles. The molecule has 0 atom stereocenters. The highest BCUT2D eigenvalue weighted by Crippen LogP contribution is 2.05. The number of hydrogen-bond donors (Lipinski definition) is 3. The van der Waals surface area contributed by atoms with Crippen LogP contribution in [0.5, 0.6) is 0 Å². The summed E-state index contributed by atoms with van der Waals surface area (Å²) in [6.45, 7) is 1.32. The maximum absolute atomic E-state index is 11.2. The highest BCUT2D eigenvalue weighted by Gasteiger charge is 2.02. The van der Waals surface area contributed by atoms with E-state index in [4.69, 9.17) is 5.73 Å². The Morgan fingerprint density at radius 2 is 1.80 bits per heavy atom. The van der Waals surface area contributed by atoms with Gasteiger partial charge in [-0.15, -0.1) is 0 Å². The lowest BCUT2D eigenvalue weighted by atomic mass is 10.1. The molecule has 1 aromatic carbocycles. The topological polar surface area (TPSA) is 84.2 Å². The van der Waals surface area contributed by atoms with Crippen molar-refractivity contribution in [3.05, 3.63) is 29.8 Å². The Bertz CT molecular complexity index is 359. The third kappa shape index (κ3) is 4.12. The summed E-state index contributed by atoms with van der Waals surface area (Å²) in [5, 5.41) is 0. The van der Waals surface area contributed by atoms with Crippen molar-refractivity contribution in [2.75, 3.05) is 5.73 Å². The molecule has 80 valence electrons. The molecule has 5 heteroatoms. The van der Waals surface area contributed by atoms with Crippen molar-refractivity contribution < 1.29 is 9.59 Å². The summed E-state index contributed by atoms with van der Waals surface area (Å²) in [7, 11) is 0. The van der Waals surface area contributed by atoms with Crippen molar-refractivity contribution in [1.82, 2.24) is 10.9 Å². The van der Waals surface area contributed by atoms with Crippen LogP contribution < -0.4 is 16.6 Å². The van der Waals surface area contributed by atoms with Gasteiger partial charge in [-0.3, -0.25) is 20.4 Å². The number of benzene rings is 1. The molecule has 0 unspecified atom stereocenters. The smallest absolute Gasteiger partial charge is 0.242 e. The number of rotatable bonds is 2. The van der Waals surface area contributed by atoms with Gasteiger partial charge in [0.1, 0.15) is 0 Å². The molecule has 0 radical (unpaired) electrons. The Hall–Kier alpha value is -2.04. The van der Waals surface area contributed by atoms with E-state index in [0.29, 0.717) is 5.69 Å². The predicted octanol–water partition coefficient (Wildman–Crippen LogP) is -0.0214. The van der Waals surface area contributed by atoms with Crippen LogP contribution in [-0.4, -0.2) is 11.8 Å². The molecule has 15 heavy (non-hydrogen) atoms. The largest absolute Gasteiger partial charge is 0.399 e. The first-order chi connectivity index (χ1) is 7.08. The van der Waals surface area contributed by atoms with Gasteiger partial charge < -0.3 is 5.73 Å². The van der Waals surface area contributed by atoms with Crippen molar-refractivity contribution in [1.29, 1.82) is 0 Å². The van der Waals surface area contributed by atoms with E-state index < -0.39 is 0 Å². The van der Waals surface area contributed by atoms with Crippen LogP contribution in [0.1, 0.15) is 12.5 Å². The van der Waals surface area contributed by atoms with Crippen LogP contribution >= 0.6 is 0 Å². The van der Waals surface area contributed by atoms with Gasteiger partial charge in [-0.2, -0.15) is 0 Å². The molecule has 0 fully saturated rings. The molecule has 0 saturated heterocycles. The molecule has 1 rings (SSSR count). The fourth-order valence-corrected chi connectivity index (χ4v) is 1.02. The monoisotopic (exact) mass is 207 g/mol. The Morgan fingerprint density at radius 1 is 1.20 bits per heavy atom. The van der Waals surface area contributed by atoms with Crippen LogP contribution in [0.3, 0.4) is 0 Å². The molecule has 0 aliphatic rings. The summed E-state index contributed by atoms with van der Waals surface area (Å²) >= 11 is 0. The lowest BCUT2D eigenvalue weighted by Crippen LogP contribution is -2.41. The molecule has 4 N–H and O–H groups in total. The Labute approximate surface area is 87.6 Å².